The lowest BCUT2D eigenvalue weighted by Gasteiger charge is -2.39. The van der Waals surface area contributed by atoms with Crippen LogP contribution in [0.3, 0.4) is 0 Å². The van der Waals surface area contributed by atoms with Gasteiger partial charge in [0.2, 0.25) is 5.91 Å². The number of benzene rings is 2. The monoisotopic (exact) mass is 390 g/mol. The van der Waals surface area contributed by atoms with Crippen LogP contribution < -0.4 is 4.90 Å². The molecule has 0 radical (unpaired) electrons. The summed E-state index contributed by atoms with van der Waals surface area (Å²) >= 11 is 3.34. The van der Waals surface area contributed by atoms with Gasteiger partial charge in [-0.3, -0.25) is 9.59 Å². The number of hydrogen-bond donors (Lipinski definition) is 0. The molecule has 0 N–H and O–H groups in total. The van der Waals surface area contributed by atoms with Crippen LogP contribution in [0.5, 0.6) is 0 Å². The van der Waals surface area contributed by atoms with Crippen molar-refractivity contribution in [3.63, 3.8) is 0 Å². The van der Waals surface area contributed by atoms with Crippen molar-refractivity contribution in [2.24, 2.45) is 0 Å². The Hall–Kier alpha value is -2.21. The molecule has 124 valence electrons. The van der Waals surface area contributed by atoms with E-state index in [1.807, 2.05) is 6.07 Å². The fourth-order valence-corrected chi connectivity index (χ4v) is 3.24. The summed E-state index contributed by atoms with van der Waals surface area (Å²) in [7, 11) is 0. The van der Waals surface area contributed by atoms with E-state index in [2.05, 4.69) is 15.9 Å². The molecule has 2 aromatic carbocycles. The van der Waals surface area contributed by atoms with Crippen molar-refractivity contribution in [2.75, 3.05) is 18.0 Å². The van der Waals surface area contributed by atoms with Gasteiger partial charge in [0, 0.05) is 23.1 Å². The Morgan fingerprint density at radius 1 is 1.17 bits per heavy atom. The molecule has 2 aromatic rings. The normalized spacial score (nSPS) is 18.0. The highest BCUT2D eigenvalue weighted by Crippen LogP contribution is 2.24. The second-order valence-electron chi connectivity index (χ2n) is 5.63. The van der Waals surface area contributed by atoms with Crippen LogP contribution in [0.4, 0.5) is 10.1 Å². The summed E-state index contributed by atoms with van der Waals surface area (Å²) in [4.78, 5) is 28.3. The van der Waals surface area contributed by atoms with E-state index < -0.39 is 11.9 Å². The molecule has 1 heterocycles. The van der Waals surface area contributed by atoms with Crippen LogP contribution in [-0.4, -0.2) is 35.8 Å². The highest BCUT2D eigenvalue weighted by Gasteiger charge is 2.36. The molecule has 24 heavy (non-hydrogen) atoms. The van der Waals surface area contributed by atoms with Gasteiger partial charge in [-0.1, -0.05) is 34.1 Å². The van der Waals surface area contributed by atoms with E-state index in [9.17, 15) is 14.0 Å². The quantitative estimate of drug-likeness (QED) is 0.787. The standard InChI is InChI=1S/C18H16BrFN2O2/c1-12-17(23)22(16-8-3-2-7-15(16)20)10-9-21(12)18(24)13-5-4-6-14(19)11-13/h2-8,11-12H,9-10H2,1H3/t12-/m0/s1. The highest BCUT2D eigenvalue weighted by atomic mass is 79.9. The fourth-order valence-electron chi connectivity index (χ4n) is 2.84. The molecule has 0 aromatic heterocycles. The molecular formula is C18H16BrFN2O2. The van der Waals surface area contributed by atoms with E-state index in [-0.39, 0.29) is 24.0 Å². The average Bonchev–Trinajstić information content (AvgIpc) is 2.57. The van der Waals surface area contributed by atoms with Crippen molar-refractivity contribution in [3.05, 3.63) is 64.4 Å². The molecule has 1 aliphatic rings. The van der Waals surface area contributed by atoms with Crippen LogP contribution in [-0.2, 0) is 4.79 Å². The molecule has 4 nitrogen and oxygen atoms in total. The van der Waals surface area contributed by atoms with Gasteiger partial charge in [-0.25, -0.2) is 4.39 Å². The van der Waals surface area contributed by atoms with Gasteiger partial charge in [0.25, 0.3) is 5.91 Å². The summed E-state index contributed by atoms with van der Waals surface area (Å²) in [6.45, 7) is 2.29. The van der Waals surface area contributed by atoms with Crippen LogP contribution in [0.15, 0.2) is 53.0 Å². The lowest BCUT2D eigenvalue weighted by Crippen LogP contribution is -2.58. The molecule has 0 spiro atoms. The SMILES string of the molecule is C[C@H]1C(=O)N(c2ccccc2F)CCN1C(=O)c1cccc(Br)c1. The third-order valence-electron chi connectivity index (χ3n) is 4.13. The molecule has 3 rings (SSSR count). The first-order valence-electron chi connectivity index (χ1n) is 7.61. The topological polar surface area (TPSA) is 40.6 Å². The summed E-state index contributed by atoms with van der Waals surface area (Å²) in [5.41, 5.74) is 0.771. The first kappa shape index (κ1) is 16.6. The number of rotatable bonds is 2. The van der Waals surface area contributed by atoms with Gasteiger partial charge >= 0.3 is 0 Å². The van der Waals surface area contributed by atoms with Gasteiger partial charge in [-0.2, -0.15) is 0 Å². The Labute approximate surface area is 148 Å². The van der Waals surface area contributed by atoms with Gasteiger partial charge in [-0.15, -0.1) is 0 Å². The maximum atomic E-state index is 14.0. The smallest absolute Gasteiger partial charge is 0.254 e. The van der Waals surface area contributed by atoms with Gasteiger partial charge in [0.1, 0.15) is 11.9 Å². The molecule has 6 heteroatoms. The molecule has 1 saturated heterocycles. The van der Waals surface area contributed by atoms with Crippen LogP contribution in [0.25, 0.3) is 0 Å². The van der Waals surface area contributed by atoms with Crippen molar-refractivity contribution in [1.29, 1.82) is 0 Å². The molecule has 1 fully saturated rings. The molecular weight excluding hydrogens is 375 g/mol. The molecule has 1 atom stereocenters. The van der Waals surface area contributed by atoms with Gasteiger partial charge in [0.05, 0.1) is 5.69 Å². The number of para-hydroxylation sites is 1. The van der Waals surface area contributed by atoms with Crippen molar-refractivity contribution in [3.8, 4) is 0 Å². The Bertz CT molecular complexity index is 796. The van der Waals surface area contributed by atoms with E-state index >= 15 is 0 Å². The van der Waals surface area contributed by atoms with Gasteiger partial charge in [0.15, 0.2) is 0 Å². The minimum atomic E-state index is -0.648. The Kier molecular flexibility index (Phi) is 4.66. The van der Waals surface area contributed by atoms with Crippen molar-refractivity contribution in [2.45, 2.75) is 13.0 Å². The highest BCUT2D eigenvalue weighted by molar-refractivity contribution is 9.10. The summed E-state index contributed by atoms with van der Waals surface area (Å²) in [6, 6.07) is 12.6. The van der Waals surface area contributed by atoms with E-state index in [0.29, 0.717) is 12.1 Å². The number of amides is 2. The maximum absolute atomic E-state index is 14.0. The van der Waals surface area contributed by atoms with Crippen LogP contribution in [0, 0.1) is 5.82 Å². The fraction of sp³-hybridized carbons (Fsp3) is 0.222. The lowest BCUT2D eigenvalue weighted by molar-refractivity contribution is -0.124. The summed E-state index contributed by atoms with van der Waals surface area (Å²) in [5.74, 6) is -0.926. The molecule has 1 aliphatic heterocycles. The summed E-state index contributed by atoms with van der Waals surface area (Å²) in [6.07, 6.45) is 0. The average molecular weight is 391 g/mol. The van der Waals surface area contributed by atoms with Crippen LogP contribution in [0.2, 0.25) is 0 Å². The number of piperazine rings is 1. The molecule has 2 amide bonds. The minimum Gasteiger partial charge on any atom is -0.325 e. The second-order valence-corrected chi connectivity index (χ2v) is 6.54. The minimum absolute atomic E-state index is 0.203. The second kappa shape index (κ2) is 6.73. The van der Waals surface area contributed by atoms with Crippen molar-refractivity contribution < 1.29 is 14.0 Å². The third-order valence-corrected chi connectivity index (χ3v) is 4.62. The van der Waals surface area contributed by atoms with Crippen LogP contribution >= 0.6 is 15.9 Å². The number of carbonyl (C=O) groups excluding carboxylic acids is 2. The van der Waals surface area contributed by atoms with E-state index in [4.69, 9.17) is 0 Å². The van der Waals surface area contributed by atoms with E-state index in [0.717, 1.165) is 4.47 Å². The van der Waals surface area contributed by atoms with E-state index in [1.165, 1.54) is 15.9 Å². The van der Waals surface area contributed by atoms with Gasteiger partial charge < -0.3 is 9.80 Å². The zero-order chi connectivity index (χ0) is 17.3. The predicted molar refractivity (Wildman–Crippen MR) is 93.4 cm³/mol. The lowest BCUT2D eigenvalue weighted by atomic mass is 10.1. The number of hydrogen-bond acceptors (Lipinski definition) is 2. The third kappa shape index (κ3) is 3.06. The first-order valence-corrected chi connectivity index (χ1v) is 8.41. The zero-order valence-electron chi connectivity index (χ0n) is 13.1. The number of halogens is 2. The predicted octanol–water partition coefficient (Wildman–Crippen LogP) is 3.47. The summed E-state index contributed by atoms with van der Waals surface area (Å²) in [5, 5.41) is 0. The number of anilines is 1. The Balaban J connectivity index is 1.83. The number of nitrogens with zero attached hydrogens (tertiary/aromatic N) is 2. The van der Waals surface area contributed by atoms with Gasteiger partial charge in [-0.05, 0) is 37.3 Å². The molecule has 0 unspecified atom stereocenters. The van der Waals surface area contributed by atoms with Crippen LogP contribution in [0.1, 0.15) is 17.3 Å². The molecule has 0 bridgehead atoms. The molecule has 0 saturated carbocycles. The largest absolute Gasteiger partial charge is 0.325 e. The Morgan fingerprint density at radius 3 is 2.62 bits per heavy atom. The zero-order valence-corrected chi connectivity index (χ0v) is 14.7. The maximum Gasteiger partial charge on any atom is 0.254 e. The first-order chi connectivity index (χ1) is 11.5. The Morgan fingerprint density at radius 2 is 1.92 bits per heavy atom. The molecule has 0 aliphatic carbocycles. The summed E-state index contributed by atoms with van der Waals surface area (Å²) < 4.78 is 14.8. The van der Waals surface area contributed by atoms with Crippen molar-refractivity contribution >= 4 is 33.4 Å². The van der Waals surface area contributed by atoms with Crippen molar-refractivity contribution in [1.82, 2.24) is 4.90 Å². The number of carbonyl (C=O) groups is 2. The van der Waals surface area contributed by atoms with E-state index in [1.54, 1.807) is 43.3 Å².